The van der Waals surface area contributed by atoms with E-state index in [2.05, 4.69) is 20.1 Å². The molecule has 32 heavy (non-hydrogen) atoms. The van der Waals surface area contributed by atoms with E-state index < -0.39 is 15.3 Å². The molecule has 11 heteroatoms. The molecule has 0 bridgehead atoms. The third kappa shape index (κ3) is 5.13. The number of rotatable bonds is 6. The second-order valence-corrected chi connectivity index (χ2v) is 11.9. The van der Waals surface area contributed by atoms with Crippen LogP contribution in [0.5, 0.6) is 0 Å². The minimum atomic E-state index is -3.62. The molecule has 1 atom stereocenters. The lowest BCUT2D eigenvalue weighted by Gasteiger charge is -2.26. The molecular weight excluding hydrogens is 470 g/mol. The number of piperidine rings is 1. The molecule has 2 aromatic rings. The summed E-state index contributed by atoms with van der Waals surface area (Å²) >= 11 is 7.63. The predicted octanol–water partition coefficient (Wildman–Crippen LogP) is 3.95. The van der Waals surface area contributed by atoms with Crippen LogP contribution in [0.3, 0.4) is 0 Å². The summed E-state index contributed by atoms with van der Waals surface area (Å²) in [5.41, 5.74) is 0.294. The molecular formula is C21H28ClN5O3S2. The number of amides is 1. The maximum Gasteiger partial charge on any atom is 0.243 e. The summed E-state index contributed by atoms with van der Waals surface area (Å²) in [6, 6.07) is 4.46. The Morgan fingerprint density at radius 1 is 1.09 bits per heavy atom. The number of aromatic nitrogens is 3. The van der Waals surface area contributed by atoms with Crippen LogP contribution in [0.15, 0.2) is 28.3 Å². The molecule has 0 spiro atoms. The fourth-order valence-corrected chi connectivity index (χ4v) is 6.61. The smallest absolute Gasteiger partial charge is 0.243 e. The zero-order chi connectivity index (χ0) is 22.7. The summed E-state index contributed by atoms with van der Waals surface area (Å²) < 4.78 is 29.6. The Morgan fingerprint density at radius 2 is 1.81 bits per heavy atom. The summed E-state index contributed by atoms with van der Waals surface area (Å²) in [5.74, 6) is 0.701. The molecule has 0 radical (unpaired) electrons. The van der Waals surface area contributed by atoms with Gasteiger partial charge in [-0.2, -0.15) is 4.31 Å². The lowest BCUT2D eigenvalue weighted by molar-refractivity contribution is -0.115. The van der Waals surface area contributed by atoms with Gasteiger partial charge in [0.25, 0.3) is 0 Å². The average molecular weight is 498 g/mol. The first-order chi connectivity index (χ1) is 15.4. The lowest BCUT2D eigenvalue weighted by Crippen LogP contribution is -2.35. The summed E-state index contributed by atoms with van der Waals surface area (Å²) in [7, 11) is -3.62. The second kappa shape index (κ2) is 10.1. The molecule has 1 N–H and O–H groups in total. The van der Waals surface area contributed by atoms with Gasteiger partial charge in [-0.05, 0) is 50.8 Å². The largest absolute Gasteiger partial charge is 0.324 e. The molecule has 1 saturated heterocycles. The number of thioether (sulfide) groups is 1. The molecule has 2 aliphatic heterocycles. The van der Waals surface area contributed by atoms with Gasteiger partial charge in [0.1, 0.15) is 5.82 Å². The minimum Gasteiger partial charge on any atom is -0.324 e. The van der Waals surface area contributed by atoms with Gasteiger partial charge in [-0.3, -0.25) is 4.79 Å². The molecule has 1 aromatic carbocycles. The topological polar surface area (TPSA) is 97.2 Å². The molecule has 1 amide bonds. The first-order valence-corrected chi connectivity index (χ1v) is 13.8. The standard InChI is InChI=1S/C21H28ClN5O3S2/c1-15(31-21-25-24-19-8-4-2-7-13-27(19)21)20(28)23-18-14-16(9-10-17(18)22)32(29,30)26-11-5-3-6-12-26/h9-10,14-15H,2-8,11-13H2,1H3,(H,23,28)/t15-/m1/s1. The lowest BCUT2D eigenvalue weighted by atomic mass is 10.2. The molecule has 3 heterocycles. The molecule has 4 rings (SSSR count). The Labute approximate surface area is 198 Å². The Hall–Kier alpha value is -1.62. The third-order valence-electron chi connectivity index (χ3n) is 5.88. The fourth-order valence-electron chi connectivity index (χ4n) is 4.01. The van der Waals surface area contributed by atoms with Gasteiger partial charge in [-0.1, -0.05) is 36.2 Å². The van der Waals surface area contributed by atoms with Crippen LogP contribution in [0.1, 0.15) is 51.3 Å². The maximum absolute atomic E-state index is 13.0. The number of fused-ring (bicyclic) bond motifs is 1. The number of halogens is 1. The highest BCUT2D eigenvalue weighted by Crippen LogP contribution is 2.30. The van der Waals surface area contributed by atoms with Crippen molar-refractivity contribution in [2.24, 2.45) is 0 Å². The highest BCUT2D eigenvalue weighted by atomic mass is 35.5. The van der Waals surface area contributed by atoms with E-state index in [9.17, 15) is 13.2 Å². The quantitative estimate of drug-likeness (QED) is 0.607. The Bertz CT molecular complexity index is 1080. The van der Waals surface area contributed by atoms with Crippen molar-refractivity contribution in [3.05, 3.63) is 29.0 Å². The zero-order valence-electron chi connectivity index (χ0n) is 18.1. The number of sulfonamides is 1. The predicted molar refractivity (Wildman–Crippen MR) is 126 cm³/mol. The number of carbonyl (C=O) groups excluding carboxylic acids is 1. The number of hydrogen-bond donors (Lipinski definition) is 1. The van der Waals surface area contributed by atoms with Gasteiger partial charge in [0.15, 0.2) is 5.16 Å². The zero-order valence-corrected chi connectivity index (χ0v) is 20.5. The van der Waals surface area contributed by atoms with Crippen molar-refractivity contribution >= 4 is 45.0 Å². The van der Waals surface area contributed by atoms with Gasteiger partial charge in [0.05, 0.1) is 20.9 Å². The summed E-state index contributed by atoms with van der Waals surface area (Å²) in [4.78, 5) is 13.0. The van der Waals surface area contributed by atoms with Crippen LogP contribution in [-0.4, -0.2) is 51.7 Å². The van der Waals surface area contributed by atoms with Crippen molar-refractivity contribution in [2.45, 2.75) is 73.7 Å². The van der Waals surface area contributed by atoms with E-state index in [1.807, 2.05) is 0 Å². The summed E-state index contributed by atoms with van der Waals surface area (Å²) in [5, 5.41) is 11.9. The summed E-state index contributed by atoms with van der Waals surface area (Å²) in [6.07, 6.45) is 7.01. The monoisotopic (exact) mass is 497 g/mol. The first kappa shape index (κ1) is 23.5. The van der Waals surface area contributed by atoms with Gasteiger partial charge in [-0.25, -0.2) is 8.42 Å². The third-order valence-corrected chi connectivity index (χ3v) is 9.18. The maximum atomic E-state index is 13.0. The van der Waals surface area contributed by atoms with Gasteiger partial charge in [0.2, 0.25) is 15.9 Å². The van der Waals surface area contributed by atoms with Gasteiger partial charge < -0.3 is 9.88 Å². The SMILES string of the molecule is C[C@@H](Sc1nnc2n1CCCCC2)C(=O)Nc1cc(S(=O)(=O)N2CCCCC2)ccc1Cl. The van der Waals surface area contributed by atoms with Gasteiger partial charge in [0, 0.05) is 26.1 Å². The molecule has 1 fully saturated rings. The fraction of sp³-hybridized carbons (Fsp3) is 0.571. The van der Waals surface area contributed by atoms with E-state index in [1.54, 1.807) is 6.92 Å². The van der Waals surface area contributed by atoms with Gasteiger partial charge in [-0.15, -0.1) is 10.2 Å². The van der Waals surface area contributed by atoms with E-state index in [1.165, 1.54) is 40.7 Å². The van der Waals surface area contributed by atoms with Crippen LogP contribution in [0.2, 0.25) is 5.02 Å². The number of anilines is 1. The van der Waals surface area contributed by atoms with Crippen molar-refractivity contribution < 1.29 is 13.2 Å². The Kier molecular flexibility index (Phi) is 7.44. The minimum absolute atomic E-state index is 0.141. The number of carbonyl (C=O) groups is 1. The average Bonchev–Trinajstić information content (AvgIpc) is 3.01. The van der Waals surface area contributed by atoms with Gasteiger partial charge >= 0.3 is 0 Å². The number of aryl methyl sites for hydroxylation is 1. The highest BCUT2D eigenvalue weighted by Gasteiger charge is 2.27. The second-order valence-electron chi connectivity index (χ2n) is 8.22. The Balaban J connectivity index is 1.47. The molecule has 0 aliphatic carbocycles. The number of nitrogens with one attached hydrogen (secondary N) is 1. The van der Waals surface area contributed by atoms with Crippen molar-refractivity contribution in [1.29, 1.82) is 0 Å². The van der Waals surface area contributed by atoms with Crippen molar-refractivity contribution in [1.82, 2.24) is 19.1 Å². The van der Waals surface area contributed by atoms with E-state index in [4.69, 9.17) is 11.6 Å². The normalized spacial score (nSPS) is 18.6. The molecule has 2 aliphatic rings. The number of benzene rings is 1. The van der Waals surface area contributed by atoms with Crippen LogP contribution in [0, 0.1) is 0 Å². The van der Waals surface area contributed by atoms with Crippen LogP contribution in [0.4, 0.5) is 5.69 Å². The van der Waals surface area contributed by atoms with E-state index in [0.29, 0.717) is 23.8 Å². The highest BCUT2D eigenvalue weighted by molar-refractivity contribution is 8.00. The Morgan fingerprint density at radius 3 is 2.59 bits per heavy atom. The van der Waals surface area contributed by atoms with Crippen LogP contribution in [0.25, 0.3) is 0 Å². The first-order valence-electron chi connectivity index (χ1n) is 11.1. The van der Waals surface area contributed by atoms with Crippen LogP contribution in [-0.2, 0) is 27.8 Å². The van der Waals surface area contributed by atoms with Crippen molar-refractivity contribution in [3.8, 4) is 0 Å². The summed E-state index contributed by atoms with van der Waals surface area (Å²) in [6.45, 7) is 3.69. The van der Waals surface area contributed by atoms with E-state index >= 15 is 0 Å². The van der Waals surface area contributed by atoms with Crippen molar-refractivity contribution in [2.75, 3.05) is 18.4 Å². The molecule has 0 unspecified atom stereocenters. The molecule has 0 saturated carbocycles. The van der Waals surface area contributed by atoms with Crippen molar-refractivity contribution in [3.63, 3.8) is 0 Å². The van der Waals surface area contributed by atoms with Crippen LogP contribution >= 0.6 is 23.4 Å². The van der Waals surface area contributed by atoms with E-state index in [-0.39, 0.29) is 10.8 Å². The molecule has 8 nitrogen and oxygen atoms in total. The molecule has 174 valence electrons. The number of hydrogen-bond acceptors (Lipinski definition) is 6. The molecule has 1 aromatic heterocycles. The van der Waals surface area contributed by atoms with Crippen LogP contribution < -0.4 is 5.32 Å². The number of nitrogens with zero attached hydrogens (tertiary/aromatic N) is 4. The van der Waals surface area contributed by atoms with E-state index in [0.717, 1.165) is 56.1 Å².